The number of pyridine rings is 1. The van der Waals surface area contributed by atoms with E-state index in [0.717, 1.165) is 11.3 Å². The molecular weight excluding hydrogens is 254 g/mol. The molecule has 0 atom stereocenters. The number of benzene rings is 1. The molecule has 0 bridgehead atoms. The van der Waals surface area contributed by atoms with Crippen LogP contribution < -0.4 is 15.4 Å². The Labute approximate surface area is 118 Å². The maximum Gasteiger partial charge on any atom is 0.238 e. The van der Waals surface area contributed by atoms with Gasteiger partial charge in [-0.2, -0.15) is 0 Å². The molecule has 0 spiro atoms. The summed E-state index contributed by atoms with van der Waals surface area (Å²) in [4.78, 5) is 15.8. The highest BCUT2D eigenvalue weighted by atomic mass is 16.5. The van der Waals surface area contributed by atoms with Crippen LogP contribution in [0.3, 0.4) is 0 Å². The summed E-state index contributed by atoms with van der Waals surface area (Å²) < 4.78 is 4.98. The largest absolute Gasteiger partial charge is 0.481 e. The number of nitrogens with zero attached hydrogens (tertiary/aromatic N) is 1. The molecule has 1 heterocycles. The fraction of sp³-hybridized carbons (Fsp3) is 0.200. The molecular formula is C15H17N3O2. The van der Waals surface area contributed by atoms with Crippen molar-refractivity contribution < 1.29 is 9.53 Å². The quantitative estimate of drug-likeness (QED) is 0.841. The average Bonchev–Trinajstić information content (AvgIpc) is 2.49. The van der Waals surface area contributed by atoms with Gasteiger partial charge in [-0.05, 0) is 17.7 Å². The highest BCUT2D eigenvalue weighted by Crippen LogP contribution is 2.06. The van der Waals surface area contributed by atoms with Gasteiger partial charge in [-0.3, -0.25) is 4.79 Å². The van der Waals surface area contributed by atoms with E-state index < -0.39 is 0 Å². The molecule has 2 aromatic rings. The van der Waals surface area contributed by atoms with Gasteiger partial charge >= 0.3 is 0 Å². The maximum atomic E-state index is 11.7. The predicted octanol–water partition coefficient (Wildman–Crippen LogP) is 1.82. The number of nitrogens with one attached hydrogen (secondary N) is 2. The number of ether oxygens (including phenoxy) is 1. The Kier molecular flexibility index (Phi) is 5.08. The summed E-state index contributed by atoms with van der Waals surface area (Å²) in [6.07, 6.45) is 1.72. The molecule has 5 heteroatoms. The van der Waals surface area contributed by atoms with Crippen molar-refractivity contribution in [2.45, 2.75) is 6.54 Å². The average molecular weight is 271 g/mol. The molecule has 0 aliphatic heterocycles. The number of aromatic nitrogens is 1. The summed E-state index contributed by atoms with van der Waals surface area (Å²) >= 11 is 0. The van der Waals surface area contributed by atoms with Crippen LogP contribution in [-0.2, 0) is 11.3 Å². The van der Waals surface area contributed by atoms with Gasteiger partial charge in [-0.15, -0.1) is 0 Å². The lowest BCUT2D eigenvalue weighted by atomic mass is 10.3. The molecule has 1 amide bonds. The monoisotopic (exact) mass is 271 g/mol. The van der Waals surface area contributed by atoms with Gasteiger partial charge in [0.05, 0.1) is 13.7 Å². The molecule has 0 fully saturated rings. The third kappa shape index (κ3) is 4.37. The third-order valence-corrected chi connectivity index (χ3v) is 2.68. The molecule has 104 valence electrons. The van der Waals surface area contributed by atoms with Crippen LogP contribution >= 0.6 is 0 Å². The van der Waals surface area contributed by atoms with E-state index in [0.29, 0.717) is 12.4 Å². The normalized spacial score (nSPS) is 10.1. The first kappa shape index (κ1) is 14.0. The van der Waals surface area contributed by atoms with E-state index >= 15 is 0 Å². The lowest BCUT2D eigenvalue weighted by Crippen LogP contribution is -2.27. The molecule has 0 radical (unpaired) electrons. The number of amides is 1. The zero-order valence-corrected chi connectivity index (χ0v) is 11.3. The Morgan fingerprint density at radius 1 is 1.20 bits per heavy atom. The molecule has 0 saturated heterocycles. The van der Waals surface area contributed by atoms with E-state index in [9.17, 15) is 4.79 Å². The van der Waals surface area contributed by atoms with Gasteiger partial charge in [0.15, 0.2) is 0 Å². The molecule has 2 N–H and O–H groups in total. The van der Waals surface area contributed by atoms with E-state index in [4.69, 9.17) is 4.74 Å². The summed E-state index contributed by atoms with van der Waals surface area (Å²) in [7, 11) is 1.58. The molecule has 2 rings (SSSR count). The standard InChI is InChI=1S/C15H17N3O2/c1-20-15-8-7-12(10-17-15)9-16-11-14(19)18-13-5-3-2-4-6-13/h2-8,10,16H,9,11H2,1H3,(H,18,19). The van der Waals surface area contributed by atoms with E-state index in [2.05, 4.69) is 15.6 Å². The second kappa shape index (κ2) is 7.25. The molecule has 1 aromatic carbocycles. The zero-order chi connectivity index (χ0) is 14.2. The Bertz CT molecular complexity index is 541. The Balaban J connectivity index is 1.73. The zero-order valence-electron chi connectivity index (χ0n) is 11.3. The first-order chi connectivity index (χ1) is 9.78. The minimum absolute atomic E-state index is 0.0716. The van der Waals surface area contributed by atoms with E-state index in [-0.39, 0.29) is 12.5 Å². The van der Waals surface area contributed by atoms with Gasteiger partial charge in [-0.1, -0.05) is 24.3 Å². The Hall–Kier alpha value is -2.40. The molecule has 0 aliphatic carbocycles. The van der Waals surface area contributed by atoms with Crippen LogP contribution in [0.2, 0.25) is 0 Å². The van der Waals surface area contributed by atoms with Crippen molar-refractivity contribution in [1.82, 2.24) is 10.3 Å². The summed E-state index contributed by atoms with van der Waals surface area (Å²) in [5, 5.41) is 5.88. The van der Waals surface area contributed by atoms with Crippen LogP contribution in [0.25, 0.3) is 0 Å². The summed E-state index contributed by atoms with van der Waals surface area (Å²) in [6.45, 7) is 0.833. The molecule has 0 saturated carbocycles. The first-order valence-electron chi connectivity index (χ1n) is 6.32. The van der Waals surface area contributed by atoms with Crippen LogP contribution in [-0.4, -0.2) is 24.5 Å². The highest BCUT2D eigenvalue weighted by Gasteiger charge is 2.01. The van der Waals surface area contributed by atoms with Crippen LogP contribution in [0.4, 0.5) is 5.69 Å². The van der Waals surface area contributed by atoms with Crippen molar-refractivity contribution in [2.75, 3.05) is 19.0 Å². The lowest BCUT2D eigenvalue weighted by molar-refractivity contribution is -0.115. The maximum absolute atomic E-state index is 11.7. The van der Waals surface area contributed by atoms with E-state index in [1.165, 1.54) is 0 Å². The number of carbonyl (C=O) groups excluding carboxylic acids is 1. The summed E-state index contributed by atoms with van der Waals surface area (Å²) in [6, 6.07) is 13.1. The fourth-order valence-corrected chi connectivity index (χ4v) is 1.68. The summed E-state index contributed by atoms with van der Waals surface area (Å²) in [5.41, 5.74) is 1.80. The van der Waals surface area contributed by atoms with Gasteiger partial charge in [-0.25, -0.2) is 4.98 Å². The van der Waals surface area contributed by atoms with Crippen molar-refractivity contribution in [3.8, 4) is 5.88 Å². The first-order valence-corrected chi connectivity index (χ1v) is 6.32. The van der Waals surface area contributed by atoms with Gasteiger partial charge < -0.3 is 15.4 Å². The van der Waals surface area contributed by atoms with Gasteiger partial charge in [0.25, 0.3) is 0 Å². The minimum Gasteiger partial charge on any atom is -0.481 e. The van der Waals surface area contributed by atoms with Crippen molar-refractivity contribution in [3.05, 3.63) is 54.2 Å². The van der Waals surface area contributed by atoms with E-state index in [1.54, 1.807) is 19.4 Å². The molecule has 1 aromatic heterocycles. The molecule has 0 unspecified atom stereocenters. The Morgan fingerprint density at radius 2 is 2.00 bits per heavy atom. The third-order valence-electron chi connectivity index (χ3n) is 2.68. The van der Waals surface area contributed by atoms with E-state index in [1.807, 2.05) is 36.4 Å². The van der Waals surface area contributed by atoms with Crippen molar-refractivity contribution in [1.29, 1.82) is 0 Å². The number of anilines is 1. The second-order valence-electron chi connectivity index (χ2n) is 4.23. The van der Waals surface area contributed by atoms with Crippen molar-refractivity contribution in [2.24, 2.45) is 0 Å². The van der Waals surface area contributed by atoms with Crippen molar-refractivity contribution in [3.63, 3.8) is 0 Å². The SMILES string of the molecule is COc1ccc(CNCC(=O)Nc2ccccc2)cn1. The van der Waals surface area contributed by atoms with Crippen LogP contribution in [0.1, 0.15) is 5.56 Å². The van der Waals surface area contributed by atoms with Gasteiger partial charge in [0.2, 0.25) is 11.8 Å². The number of methoxy groups -OCH3 is 1. The number of para-hydroxylation sites is 1. The lowest BCUT2D eigenvalue weighted by Gasteiger charge is -2.07. The van der Waals surface area contributed by atoms with Gasteiger partial charge in [0, 0.05) is 24.5 Å². The molecule has 0 aliphatic rings. The fourth-order valence-electron chi connectivity index (χ4n) is 1.68. The number of rotatable bonds is 6. The minimum atomic E-state index is -0.0716. The summed E-state index contributed by atoms with van der Waals surface area (Å²) in [5.74, 6) is 0.508. The number of hydrogen-bond donors (Lipinski definition) is 2. The van der Waals surface area contributed by atoms with Crippen LogP contribution in [0, 0.1) is 0 Å². The molecule has 5 nitrogen and oxygen atoms in total. The second-order valence-corrected chi connectivity index (χ2v) is 4.23. The highest BCUT2D eigenvalue weighted by molar-refractivity contribution is 5.92. The number of hydrogen-bond acceptors (Lipinski definition) is 4. The Morgan fingerprint density at radius 3 is 2.65 bits per heavy atom. The topological polar surface area (TPSA) is 63.2 Å². The smallest absolute Gasteiger partial charge is 0.238 e. The number of carbonyl (C=O) groups is 1. The molecule has 20 heavy (non-hydrogen) atoms. The van der Waals surface area contributed by atoms with Crippen molar-refractivity contribution >= 4 is 11.6 Å². The predicted molar refractivity (Wildman–Crippen MR) is 77.6 cm³/mol. The van der Waals surface area contributed by atoms with Gasteiger partial charge in [0.1, 0.15) is 0 Å². The van der Waals surface area contributed by atoms with Crippen LogP contribution in [0.5, 0.6) is 5.88 Å². The van der Waals surface area contributed by atoms with Crippen LogP contribution in [0.15, 0.2) is 48.7 Å².